The molecule has 1 rings (SSSR count). The highest BCUT2D eigenvalue weighted by Gasteiger charge is 2.32. The fourth-order valence-corrected chi connectivity index (χ4v) is 3.46. The van der Waals surface area contributed by atoms with E-state index in [0.717, 1.165) is 11.3 Å². The number of benzene rings is 1. The lowest BCUT2D eigenvalue weighted by Crippen LogP contribution is -2.03. The van der Waals surface area contributed by atoms with Crippen LogP contribution in [-0.4, -0.2) is 20.3 Å². The largest absolute Gasteiger partial charge is 0.497 e. The predicted octanol–water partition coefficient (Wildman–Crippen LogP) is 4.02. The summed E-state index contributed by atoms with van der Waals surface area (Å²) in [5.41, 5.74) is 0.629. The molecule has 4 nitrogen and oxygen atoms in total. The van der Waals surface area contributed by atoms with Crippen molar-refractivity contribution in [2.24, 2.45) is 0 Å². The van der Waals surface area contributed by atoms with E-state index in [2.05, 4.69) is 0 Å². The van der Waals surface area contributed by atoms with Gasteiger partial charge in [0.05, 0.1) is 26.0 Å². The van der Waals surface area contributed by atoms with Crippen molar-refractivity contribution in [3.05, 3.63) is 29.8 Å². The Bertz CT molecular complexity index is 392. The van der Waals surface area contributed by atoms with Crippen LogP contribution in [0.2, 0.25) is 0 Å². The van der Waals surface area contributed by atoms with Crippen molar-refractivity contribution >= 4 is 7.60 Å². The van der Waals surface area contributed by atoms with Crippen molar-refractivity contribution < 1.29 is 18.3 Å². The smallest absolute Gasteiger partial charge is 0.337 e. The average molecular weight is 272 g/mol. The molecular weight excluding hydrogens is 251 g/mol. The molecule has 0 aliphatic carbocycles. The van der Waals surface area contributed by atoms with E-state index in [1.54, 1.807) is 7.11 Å². The van der Waals surface area contributed by atoms with Gasteiger partial charge in [0.2, 0.25) is 0 Å². The van der Waals surface area contributed by atoms with E-state index >= 15 is 0 Å². The van der Waals surface area contributed by atoms with Crippen LogP contribution in [0.1, 0.15) is 32.0 Å². The molecule has 1 atom stereocenters. The summed E-state index contributed by atoms with van der Waals surface area (Å²) in [7, 11) is -1.48. The molecule has 0 aromatic heterocycles. The van der Waals surface area contributed by atoms with Crippen LogP contribution in [0.4, 0.5) is 0 Å². The second kappa shape index (κ2) is 6.93. The third-order valence-corrected chi connectivity index (χ3v) is 5.17. The Morgan fingerprint density at radius 1 is 1.11 bits per heavy atom. The van der Waals surface area contributed by atoms with Crippen molar-refractivity contribution in [3.63, 3.8) is 0 Å². The van der Waals surface area contributed by atoms with Gasteiger partial charge < -0.3 is 13.8 Å². The molecule has 1 unspecified atom stereocenters. The Morgan fingerprint density at radius 2 is 1.61 bits per heavy atom. The molecule has 0 heterocycles. The molecule has 0 aliphatic heterocycles. The van der Waals surface area contributed by atoms with Crippen LogP contribution in [0.25, 0.3) is 0 Å². The normalized spacial score (nSPS) is 13.3. The van der Waals surface area contributed by atoms with E-state index in [-0.39, 0.29) is 5.66 Å². The maximum Gasteiger partial charge on any atom is 0.337 e. The average Bonchev–Trinajstić information content (AvgIpc) is 2.38. The highest BCUT2D eigenvalue weighted by atomic mass is 31.2. The van der Waals surface area contributed by atoms with E-state index in [0.29, 0.717) is 13.2 Å². The number of ether oxygens (including phenoxy) is 1. The van der Waals surface area contributed by atoms with Crippen molar-refractivity contribution in [2.75, 3.05) is 20.3 Å². The van der Waals surface area contributed by atoms with Gasteiger partial charge in [-0.2, -0.15) is 0 Å². The standard InChI is InChI=1S/C13H21O4P/c1-5-16-18(14,17-6-2)11(3)12-7-9-13(15-4)10-8-12/h7-11H,5-6H2,1-4H3. The summed E-state index contributed by atoms with van der Waals surface area (Å²) in [5, 5.41) is 0. The maximum absolute atomic E-state index is 12.6. The van der Waals surface area contributed by atoms with E-state index < -0.39 is 7.60 Å². The van der Waals surface area contributed by atoms with Crippen LogP contribution in [0.15, 0.2) is 24.3 Å². The molecule has 1 aromatic rings. The van der Waals surface area contributed by atoms with E-state index in [4.69, 9.17) is 13.8 Å². The lowest BCUT2D eigenvalue weighted by atomic mass is 10.2. The van der Waals surface area contributed by atoms with Crippen molar-refractivity contribution in [1.29, 1.82) is 0 Å². The zero-order valence-corrected chi connectivity index (χ0v) is 12.3. The molecule has 5 heteroatoms. The Morgan fingerprint density at radius 3 is 2.00 bits per heavy atom. The van der Waals surface area contributed by atoms with Gasteiger partial charge >= 0.3 is 7.60 Å². The van der Waals surface area contributed by atoms with Crippen LogP contribution in [0.3, 0.4) is 0 Å². The molecule has 0 radical (unpaired) electrons. The van der Waals surface area contributed by atoms with E-state index in [1.807, 2.05) is 45.0 Å². The summed E-state index contributed by atoms with van der Waals surface area (Å²) in [4.78, 5) is 0. The molecule has 0 amide bonds. The summed E-state index contributed by atoms with van der Waals surface area (Å²) in [5.74, 6) is 0.772. The fourth-order valence-electron chi connectivity index (χ4n) is 1.69. The molecule has 102 valence electrons. The topological polar surface area (TPSA) is 44.8 Å². The first kappa shape index (κ1) is 15.2. The highest BCUT2D eigenvalue weighted by Crippen LogP contribution is 2.60. The molecule has 0 spiro atoms. The number of hydrogen-bond donors (Lipinski definition) is 0. The minimum atomic E-state index is -3.10. The first-order chi connectivity index (χ1) is 8.57. The first-order valence-electron chi connectivity index (χ1n) is 6.10. The quantitative estimate of drug-likeness (QED) is 0.703. The van der Waals surface area contributed by atoms with Crippen LogP contribution >= 0.6 is 7.60 Å². The molecule has 0 aliphatic rings. The summed E-state index contributed by atoms with van der Waals surface area (Å²) in [6, 6.07) is 7.45. The molecule has 18 heavy (non-hydrogen) atoms. The van der Waals surface area contributed by atoms with Crippen LogP contribution in [0.5, 0.6) is 5.75 Å². The van der Waals surface area contributed by atoms with Gasteiger partial charge in [-0.1, -0.05) is 12.1 Å². The lowest BCUT2D eigenvalue weighted by Gasteiger charge is -2.23. The number of rotatable bonds is 7. The Hall–Kier alpha value is -0.830. The second-order valence-corrected chi connectivity index (χ2v) is 6.20. The van der Waals surface area contributed by atoms with Gasteiger partial charge in [-0.3, -0.25) is 4.57 Å². The maximum atomic E-state index is 12.6. The third kappa shape index (κ3) is 3.58. The number of hydrogen-bond acceptors (Lipinski definition) is 4. The van der Waals surface area contributed by atoms with Crippen LogP contribution < -0.4 is 4.74 Å². The Balaban J connectivity index is 2.94. The van der Waals surface area contributed by atoms with Gasteiger partial charge in [0.1, 0.15) is 5.75 Å². The SMILES string of the molecule is CCOP(=O)(OCC)C(C)c1ccc(OC)cc1. The van der Waals surface area contributed by atoms with Crippen LogP contribution in [0, 0.1) is 0 Å². The van der Waals surface area contributed by atoms with E-state index in [9.17, 15) is 4.57 Å². The molecule has 1 aromatic carbocycles. The zero-order chi connectivity index (χ0) is 13.6. The van der Waals surface area contributed by atoms with Crippen molar-refractivity contribution in [3.8, 4) is 5.75 Å². The molecule has 0 N–H and O–H groups in total. The van der Waals surface area contributed by atoms with Gasteiger partial charge in [0.15, 0.2) is 0 Å². The van der Waals surface area contributed by atoms with Gasteiger partial charge in [-0.15, -0.1) is 0 Å². The fraction of sp³-hybridized carbons (Fsp3) is 0.538. The van der Waals surface area contributed by atoms with Gasteiger partial charge in [-0.25, -0.2) is 0 Å². The number of methoxy groups -OCH3 is 1. The molecule has 0 bridgehead atoms. The summed E-state index contributed by atoms with van der Waals surface area (Å²) in [6.45, 7) is 6.22. The predicted molar refractivity (Wildman–Crippen MR) is 72.3 cm³/mol. The first-order valence-corrected chi connectivity index (χ1v) is 7.71. The van der Waals surface area contributed by atoms with E-state index in [1.165, 1.54) is 0 Å². The Labute approximate surface area is 109 Å². The van der Waals surface area contributed by atoms with Crippen molar-refractivity contribution in [2.45, 2.75) is 26.4 Å². The van der Waals surface area contributed by atoms with Crippen molar-refractivity contribution in [1.82, 2.24) is 0 Å². The third-order valence-electron chi connectivity index (χ3n) is 2.69. The summed E-state index contributed by atoms with van der Waals surface area (Å²) >= 11 is 0. The monoisotopic (exact) mass is 272 g/mol. The molecule has 0 saturated heterocycles. The minimum Gasteiger partial charge on any atom is -0.497 e. The highest BCUT2D eigenvalue weighted by molar-refractivity contribution is 7.54. The van der Waals surface area contributed by atoms with Gasteiger partial charge in [0, 0.05) is 0 Å². The minimum absolute atomic E-state index is 0.289. The summed E-state index contributed by atoms with van der Waals surface area (Å²) < 4.78 is 28.4. The molecule has 0 fully saturated rings. The van der Waals surface area contributed by atoms with Gasteiger partial charge in [0.25, 0.3) is 0 Å². The lowest BCUT2D eigenvalue weighted by molar-refractivity contribution is 0.213. The molecule has 0 saturated carbocycles. The summed E-state index contributed by atoms with van der Waals surface area (Å²) in [6.07, 6.45) is 0. The van der Waals surface area contributed by atoms with Gasteiger partial charge in [-0.05, 0) is 38.5 Å². The Kier molecular flexibility index (Phi) is 5.86. The zero-order valence-electron chi connectivity index (χ0n) is 11.4. The molecular formula is C13H21O4P. The van der Waals surface area contributed by atoms with Crippen LogP contribution in [-0.2, 0) is 13.6 Å². The second-order valence-electron chi connectivity index (χ2n) is 3.82.